The van der Waals surface area contributed by atoms with Gasteiger partial charge in [-0.2, -0.15) is 8.42 Å². The van der Waals surface area contributed by atoms with E-state index in [9.17, 15) is 8.42 Å². The lowest BCUT2D eigenvalue weighted by Gasteiger charge is -2.18. The molecule has 6 nitrogen and oxygen atoms in total. The Labute approximate surface area is 117 Å². The van der Waals surface area contributed by atoms with E-state index in [1.54, 1.807) is 12.1 Å². The highest BCUT2D eigenvalue weighted by Crippen LogP contribution is 2.26. The summed E-state index contributed by atoms with van der Waals surface area (Å²) in [4.78, 5) is 0. The molecule has 0 aliphatic heterocycles. The van der Waals surface area contributed by atoms with E-state index in [1.165, 1.54) is 0 Å². The highest BCUT2D eigenvalue weighted by atomic mass is 32.2. The fraction of sp³-hybridized carbons (Fsp3) is 0.308. The van der Waals surface area contributed by atoms with E-state index in [0.717, 1.165) is 5.56 Å². The lowest BCUT2D eigenvalue weighted by molar-refractivity contribution is 0.377. The van der Waals surface area contributed by atoms with E-state index < -0.39 is 15.3 Å². The SMILES string of the molecule is [CH2+]OS(=O)(=O)c1nnc(-c2ccc(C(C)(C)C)cc2)o1. The monoisotopic (exact) mass is 295 g/mol. The highest BCUT2D eigenvalue weighted by Gasteiger charge is 2.25. The van der Waals surface area contributed by atoms with Crippen LogP contribution in [0.25, 0.3) is 11.5 Å². The maximum absolute atomic E-state index is 11.4. The minimum Gasteiger partial charge on any atom is -0.406 e. The topological polar surface area (TPSA) is 82.3 Å². The Bertz CT molecular complexity index is 697. The van der Waals surface area contributed by atoms with Gasteiger partial charge in [0.2, 0.25) is 13.0 Å². The van der Waals surface area contributed by atoms with Gasteiger partial charge in [0.15, 0.2) is 0 Å². The van der Waals surface area contributed by atoms with Crippen molar-refractivity contribution in [2.45, 2.75) is 31.4 Å². The van der Waals surface area contributed by atoms with Crippen molar-refractivity contribution >= 4 is 10.1 Å². The van der Waals surface area contributed by atoms with Crippen LogP contribution in [-0.2, 0) is 19.7 Å². The van der Waals surface area contributed by atoms with Crippen molar-refractivity contribution in [2.75, 3.05) is 0 Å². The molecule has 106 valence electrons. The minimum atomic E-state index is -4.07. The first-order chi connectivity index (χ1) is 9.24. The van der Waals surface area contributed by atoms with Crippen LogP contribution in [0.15, 0.2) is 33.9 Å². The molecule has 1 heterocycles. The third kappa shape index (κ3) is 2.83. The van der Waals surface area contributed by atoms with Crippen LogP contribution < -0.4 is 0 Å². The number of benzene rings is 1. The predicted molar refractivity (Wildman–Crippen MR) is 72.1 cm³/mol. The number of rotatable bonds is 3. The van der Waals surface area contributed by atoms with Crippen molar-refractivity contribution < 1.29 is 17.0 Å². The number of hydrogen-bond donors (Lipinski definition) is 0. The second kappa shape index (κ2) is 4.92. The smallest absolute Gasteiger partial charge is 0.389 e. The molecule has 0 amide bonds. The lowest BCUT2D eigenvalue weighted by atomic mass is 9.87. The van der Waals surface area contributed by atoms with Crippen LogP contribution in [0.1, 0.15) is 26.3 Å². The highest BCUT2D eigenvalue weighted by molar-refractivity contribution is 7.86. The zero-order valence-corrected chi connectivity index (χ0v) is 12.3. The molecule has 1 aromatic carbocycles. The summed E-state index contributed by atoms with van der Waals surface area (Å²) < 4.78 is 31.8. The van der Waals surface area contributed by atoms with Crippen LogP contribution in [-0.4, -0.2) is 18.6 Å². The van der Waals surface area contributed by atoms with Crippen molar-refractivity contribution in [3.63, 3.8) is 0 Å². The van der Waals surface area contributed by atoms with Gasteiger partial charge in [-0.3, -0.25) is 0 Å². The summed E-state index contributed by atoms with van der Waals surface area (Å²) in [7, 11) is -1.23. The Balaban J connectivity index is 2.34. The molecule has 0 radical (unpaired) electrons. The van der Waals surface area contributed by atoms with Gasteiger partial charge >= 0.3 is 15.3 Å². The lowest BCUT2D eigenvalue weighted by Crippen LogP contribution is -2.10. The zero-order chi connectivity index (χ0) is 15.0. The quantitative estimate of drug-likeness (QED) is 0.639. The van der Waals surface area contributed by atoms with Gasteiger partial charge in [-0.25, -0.2) is 0 Å². The first kappa shape index (κ1) is 14.5. The van der Waals surface area contributed by atoms with Crippen molar-refractivity contribution in [3.05, 3.63) is 36.9 Å². The fourth-order valence-electron chi connectivity index (χ4n) is 1.59. The van der Waals surface area contributed by atoms with Crippen molar-refractivity contribution in [1.82, 2.24) is 10.2 Å². The molecule has 2 aromatic rings. The Morgan fingerprint density at radius 1 is 1.15 bits per heavy atom. The third-order valence-electron chi connectivity index (χ3n) is 2.77. The molecule has 2 rings (SSSR count). The van der Waals surface area contributed by atoms with Crippen molar-refractivity contribution in [2.24, 2.45) is 0 Å². The largest absolute Gasteiger partial charge is 0.406 e. The second-order valence-electron chi connectivity index (χ2n) is 5.27. The van der Waals surface area contributed by atoms with E-state index in [-0.39, 0.29) is 11.3 Å². The van der Waals surface area contributed by atoms with Gasteiger partial charge in [0, 0.05) is 5.56 Å². The summed E-state index contributed by atoms with van der Waals surface area (Å²) in [5.74, 6) is 0.112. The van der Waals surface area contributed by atoms with E-state index in [0.29, 0.717) is 5.56 Å². The first-order valence-corrected chi connectivity index (χ1v) is 7.28. The fourth-order valence-corrected chi connectivity index (χ4v) is 2.01. The van der Waals surface area contributed by atoms with Crippen LogP contribution in [0.2, 0.25) is 0 Å². The van der Waals surface area contributed by atoms with Gasteiger partial charge in [-0.05, 0) is 23.1 Å². The van der Waals surface area contributed by atoms with Gasteiger partial charge < -0.3 is 4.42 Å². The molecule has 0 N–H and O–H groups in total. The van der Waals surface area contributed by atoms with Crippen LogP contribution in [0.5, 0.6) is 0 Å². The zero-order valence-electron chi connectivity index (χ0n) is 11.5. The second-order valence-corrected chi connectivity index (χ2v) is 6.77. The van der Waals surface area contributed by atoms with Crippen LogP contribution >= 0.6 is 0 Å². The molecule has 0 saturated heterocycles. The molecule has 0 unspecified atom stereocenters. The third-order valence-corrected chi connectivity index (χ3v) is 3.68. The number of aromatic nitrogens is 2. The van der Waals surface area contributed by atoms with Gasteiger partial charge in [-0.15, -0.1) is 5.10 Å². The minimum absolute atomic E-state index is 0.0313. The molecule has 0 spiro atoms. The van der Waals surface area contributed by atoms with E-state index in [1.807, 2.05) is 12.1 Å². The van der Waals surface area contributed by atoms with Crippen molar-refractivity contribution in [1.29, 1.82) is 0 Å². The van der Waals surface area contributed by atoms with Gasteiger partial charge in [-0.1, -0.05) is 42.2 Å². The Morgan fingerprint density at radius 2 is 1.75 bits per heavy atom. The Hall–Kier alpha value is -1.86. The molecular formula is C13H15N2O4S+. The number of hydrogen-bond acceptors (Lipinski definition) is 6. The molecule has 0 bridgehead atoms. The van der Waals surface area contributed by atoms with Crippen LogP contribution in [0.4, 0.5) is 0 Å². The van der Waals surface area contributed by atoms with Gasteiger partial charge in [0.25, 0.3) is 0 Å². The molecule has 7 heteroatoms. The Morgan fingerprint density at radius 3 is 2.25 bits per heavy atom. The van der Waals surface area contributed by atoms with Crippen molar-refractivity contribution in [3.8, 4) is 11.5 Å². The summed E-state index contributed by atoms with van der Waals surface area (Å²) in [6.45, 7) is 6.31. The standard InChI is InChI=1S/C13H15N2O4S/c1-13(2,3)10-7-5-9(6-8-10)11-14-15-12(19-11)20(16,17)18-4/h5-8H,4H2,1-3H3/q+1. The van der Waals surface area contributed by atoms with Crippen LogP contribution in [0.3, 0.4) is 0 Å². The summed E-state index contributed by atoms with van der Waals surface area (Å²) in [5, 5.41) is 6.52. The van der Waals surface area contributed by atoms with E-state index in [2.05, 4.69) is 42.3 Å². The summed E-state index contributed by atoms with van der Waals surface area (Å²) in [6.07, 6.45) is 0. The molecular weight excluding hydrogens is 280 g/mol. The summed E-state index contributed by atoms with van der Waals surface area (Å²) in [5.41, 5.74) is 1.81. The normalized spacial score (nSPS) is 12.6. The summed E-state index contributed by atoms with van der Waals surface area (Å²) >= 11 is 0. The van der Waals surface area contributed by atoms with Gasteiger partial charge in [0.1, 0.15) is 0 Å². The summed E-state index contributed by atoms with van der Waals surface area (Å²) in [6, 6.07) is 7.47. The van der Waals surface area contributed by atoms with Gasteiger partial charge in [0.05, 0.1) is 0 Å². The first-order valence-electron chi connectivity index (χ1n) is 5.87. The average Bonchev–Trinajstić information content (AvgIpc) is 2.88. The van der Waals surface area contributed by atoms with E-state index in [4.69, 9.17) is 4.42 Å². The molecule has 0 aliphatic rings. The molecule has 0 saturated carbocycles. The Kier molecular flexibility index (Phi) is 3.58. The molecule has 0 atom stereocenters. The predicted octanol–water partition coefficient (Wildman–Crippen LogP) is 2.53. The molecule has 1 aromatic heterocycles. The maximum atomic E-state index is 11.4. The van der Waals surface area contributed by atoms with Crippen LogP contribution in [0, 0.1) is 7.11 Å². The molecule has 0 aliphatic carbocycles. The maximum Gasteiger partial charge on any atom is 0.389 e. The van der Waals surface area contributed by atoms with E-state index >= 15 is 0 Å². The molecule has 20 heavy (non-hydrogen) atoms. The molecule has 0 fully saturated rings. The number of nitrogens with zero attached hydrogens (tertiary/aromatic N) is 2. The average molecular weight is 295 g/mol.